The van der Waals surface area contributed by atoms with Gasteiger partial charge < -0.3 is 10.6 Å². The Balaban J connectivity index is 1.55. The Morgan fingerprint density at radius 1 is 0.444 bits per heavy atom. The number of carbonyl (C=O) groups excluding carboxylic acids is 2. The zero-order chi connectivity index (χ0) is 37.9. The van der Waals surface area contributed by atoms with E-state index in [2.05, 4.69) is 68.9 Å². The number of hydrogen-bond acceptors (Lipinski definition) is 2. The van der Waals surface area contributed by atoms with Crippen LogP contribution in [0, 0.1) is 25.0 Å². The fraction of sp³-hybridized carbons (Fsp3) is 0.125. The van der Waals surface area contributed by atoms with E-state index < -0.39 is 0 Å². The molecule has 7 aromatic carbocycles. The van der Waals surface area contributed by atoms with E-state index >= 15 is 0 Å². The van der Waals surface area contributed by atoms with Crippen LogP contribution in [0.3, 0.4) is 0 Å². The second-order valence-electron chi connectivity index (χ2n) is 13.9. The number of nitrogens with one attached hydrogen (secondary N) is 2. The van der Waals surface area contributed by atoms with E-state index in [4.69, 9.17) is 13.1 Å². The van der Waals surface area contributed by atoms with Crippen molar-refractivity contribution < 1.29 is 9.59 Å². The molecule has 54 heavy (non-hydrogen) atoms. The summed E-state index contributed by atoms with van der Waals surface area (Å²) < 4.78 is 0. The van der Waals surface area contributed by atoms with Crippen molar-refractivity contribution in [1.29, 1.82) is 0 Å². The van der Waals surface area contributed by atoms with Crippen LogP contribution in [-0.4, -0.2) is 11.8 Å². The molecule has 262 valence electrons. The summed E-state index contributed by atoms with van der Waals surface area (Å²) >= 11 is 0. The third-order valence-electron chi connectivity index (χ3n) is 9.76. The summed E-state index contributed by atoms with van der Waals surface area (Å²) in [5.74, 6) is -1.02. The minimum Gasteiger partial charge on any atom is -0.324 e. The first kappa shape index (κ1) is 35.4. The standard InChI is InChI=1S/C48H38N4O2/c1-29(2)47(53)51-45-41(39-17-9-13-33-11-7-15-37(43(33)39)31-19-23-35(49-5)24-20-31)27-28-42(46(45)52-48(54)30(3)4)40-18-10-14-34-12-8-16-38(44(34)40)32-21-25-36(50-6)26-22-32/h7-30H,1-4H3,(H,51,53)(H,52,54). The highest BCUT2D eigenvalue weighted by Crippen LogP contribution is 2.48. The molecule has 6 nitrogen and oxygen atoms in total. The summed E-state index contributed by atoms with van der Waals surface area (Å²) in [6.07, 6.45) is 0. The zero-order valence-corrected chi connectivity index (χ0v) is 30.6. The Morgan fingerprint density at radius 2 is 0.778 bits per heavy atom. The van der Waals surface area contributed by atoms with Crippen LogP contribution in [0.15, 0.2) is 133 Å². The molecule has 0 aliphatic rings. The molecule has 7 aromatic rings. The van der Waals surface area contributed by atoms with E-state index in [-0.39, 0.29) is 23.7 Å². The lowest BCUT2D eigenvalue weighted by Gasteiger charge is -2.24. The van der Waals surface area contributed by atoms with Crippen LogP contribution >= 0.6 is 0 Å². The summed E-state index contributed by atoms with van der Waals surface area (Å²) in [5, 5.41) is 10.5. The lowest BCUT2D eigenvalue weighted by molar-refractivity contribution is -0.119. The molecule has 0 unspecified atom stereocenters. The van der Waals surface area contributed by atoms with Crippen molar-refractivity contribution in [2.45, 2.75) is 27.7 Å². The summed E-state index contributed by atoms with van der Waals surface area (Å²) in [7, 11) is 0. The smallest absolute Gasteiger partial charge is 0.226 e. The van der Waals surface area contributed by atoms with Gasteiger partial charge in [0.1, 0.15) is 0 Å². The lowest BCUT2D eigenvalue weighted by atomic mass is 9.87. The normalized spacial score (nSPS) is 11.0. The summed E-state index contributed by atoms with van der Waals surface area (Å²) in [6.45, 7) is 22.3. The number of amides is 2. The van der Waals surface area contributed by atoms with Crippen LogP contribution in [-0.2, 0) is 9.59 Å². The van der Waals surface area contributed by atoms with Crippen molar-refractivity contribution in [3.63, 3.8) is 0 Å². The maximum atomic E-state index is 13.8. The van der Waals surface area contributed by atoms with Gasteiger partial charge in [-0.15, -0.1) is 0 Å². The summed E-state index contributed by atoms with van der Waals surface area (Å²) in [6, 6.07) is 43.8. The Morgan fingerprint density at radius 3 is 1.09 bits per heavy atom. The molecule has 0 heterocycles. The van der Waals surface area contributed by atoms with Crippen LogP contribution in [0.25, 0.3) is 75.7 Å². The summed E-state index contributed by atoms with van der Waals surface area (Å²) in [5.41, 5.74) is 9.37. The lowest BCUT2D eigenvalue weighted by Crippen LogP contribution is -2.23. The molecule has 2 amide bonds. The van der Waals surface area contributed by atoms with Crippen LogP contribution in [0.1, 0.15) is 27.7 Å². The number of anilines is 2. The SMILES string of the molecule is [C-]#[N+]c1ccc(-c2cccc3cccc(-c4ccc(-c5cccc6cccc(-c7ccc([N+]#[C-])cc7)c56)c(NC(=O)C(C)C)c4NC(=O)C(C)C)c23)cc1. The van der Waals surface area contributed by atoms with Gasteiger partial charge in [0.15, 0.2) is 11.4 Å². The molecule has 0 radical (unpaired) electrons. The molecule has 0 aliphatic carbocycles. The maximum Gasteiger partial charge on any atom is 0.226 e. The van der Waals surface area contributed by atoms with Crippen LogP contribution in [0.2, 0.25) is 0 Å². The first-order chi connectivity index (χ1) is 26.2. The quantitative estimate of drug-likeness (QED) is 0.155. The molecule has 2 N–H and O–H groups in total. The van der Waals surface area contributed by atoms with Crippen molar-refractivity contribution in [1.82, 2.24) is 0 Å². The minimum absolute atomic E-state index is 0.179. The van der Waals surface area contributed by atoms with E-state index in [1.54, 1.807) is 0 Å². The van der Waals surface area contributed by atoms with Gasteiger partial charge in [-0.05, 0) is 54.9 Å². The Kier molecular flexibility index (Phi) is 9.77. The molecule has 0 saturated carbocycles. The first-order valence-electron chi connectivity index (χ1n) is 18.0. The number of hydrogen-bond donors (Lipinski definition) is 2. The second kappa shape index (κ2) is 14.9. The van der Waals surface area contributed by atoms with Gasteiger partial charge in [0.2, 0.25) is 11.8 Å². The average molecular weight is 703 g/mol. The Labute approximate surface area is 315 Å². The Bertz CT molecular complexity index is 2460. The largest absolute Gasteiger partial charge is 0.324 e. The van der Waals surface area contributed by atoms with Crippen molar-refractivity contribution in [2.75, 3.05) is 10.6 Å². The predicted octanol–water partition coefficient (Wildman–Crippen LogP) is 13.0. The fourth-order valence-corrected chi connectivity index (χ4v) is 6.89. The van der Waals surface area contributed by atoms with Gasteiger partial charge in [0.25, 0.3) is 0 Å². The van der Waals surface area contributed by atoms with Crippen molar-refractivity contribution in [2.24, 2.45) is 11.8 Å². The monoisotopic (exact) mass is 702 g/mol. The van der Waals surface area contributed by atoms with Crippen LogP contribution in [0.5, 0.6) is 0 Å². The summed E-state index contributed by atoms with van der Waals surface area (Å²) in [4.78, 5) is 34.7. The van der Waals surface area contributed by atoms with Crippen molar-refractivity contribution >= 4 is 56.1 Å². The number of carbonyl (C=O) groups is 2. The van der Waals surface area contributed by atoms with E-state index in [0.717, 1.165) is 66.1 Å². The number of rotatable bonds is 8. The van der Waals surface area contributed by atoms with Gasteiger partial charge >= 0.3 is 0 Å². The minimum atomic E-state index is -0.332. The van der Waals surface area contributed by atoms with Crippen molar-refractivity contribution in [3.8, 4) is 44.5 Å². The van der Waals surface area contributed by atoms with Gasteiger partial charge in [0.05, 0.1) is 24.5 Å². The maximum absolute atomic E-state index is 13.8. The molecule has 6 heteroatoms. The molecule has 0 bridgehead atoms. The Hall–Kier alpha value is -7.02. The highest BCUT2D eigenvalue weighted by molar-refractivity contribution is 6.17. The molecule has 7 rings (SSSR count). The fourth-order valence-electron chi connectivity index (χ4n) is 6.89. The van der Waals surface area contributed by atoms with Crippen LogP contribution < -0.4 is 10.6 Å². The third kappa shape index (κ3) is 6.70. The number of nitrogens with zero attached hydrogens (tertiary/aromatic N) is 2. The highest BCUT2D eigenvalue weighted by Gasteiger charge is 2.25. The highest BCUT2D eigenvalue weighted by atomic mass is 16.2. The number of benzene rings is 7. The topological polar surface area (TPSA) is 66.9 Å². The van der Waals surface area contributed by atoms with Crippen molar-refractivity contribution in [3.05, 3.63) is 156 Å². The number of fused-ring (bicyclic) bond motifs is 2. The molecule has 0 atom stereocenters. The van der Waals surface area contributed by atoms with E-state index in [1.165, 1.54) is 0 Å². The molecule has 0 spiro atoms. The van der Waals surface area contributed by atoms with E-state index in [9.17, 15) is 9.59 Å². The molecule has 0 saturated heterocycles. The third-order valence-corrected chi connectivity index (χ3v) is 9.76. The molecular weight excluding hydrogens is 665 g/mol. The van der Waals surface area contributed by atoms with Gasteiger partial charge in [-0.2, -0.15) is 0 Å². The van der Waals surface area contributed by atoms with Gasteiger partial charge in [-0.3, -0.25) is 9.59 Å². The molecule has 0 aromatic heterocycles. The van der Waals surface area contributed by atoms with Crippen LogP contribution in [0.4, 0.5) is 22.7 Å². The van der Waals surface area contributed by atoms with Gasteiger partial charge in [0, 0.05) is 23.0 Å². The van der Waals surface area contributed by atoms with E-state index in [1.807, 2.05) is 113 Å². The zero-order valence-electron chi connectivity index (χ0n) is 30.6. The van der Waals surface area contributed by atoms with Gasteiger partial charge in [-0.1, -0.05) is 161 Å². The van der Waals surface area contributed by atoms with E-state index in [0.29, 0.717) is 22.7 Å². The van der Waals surface area contributed by atoms with Gasteiger partial charge in [-0.25, -0.2) is 9.69 Å². The second-order valence-corrected chi connectivity index (χ2v) is 13.9. The molecule has 0 aliphatic heterocycles. The average Bonchev–Trinajstić information content (AvgIpc) is 3.20. The first-order valence-corrected chi connectivity index (χ1v) is 18.0. The molecular formula is C48H38N4O2. The molecule has 0 fully saturated rings. The predicted molar refractivity (Wildman–Crippen MR) is 223 cm³/mol.